The minimum Gasteiger partial charge on any atom is -1.00 e. The largest absolute Gasteiger partial charge is 1.00 e. The van der Waals surface area contributed by atoms with Gasteiger partial charge in [-0.25, -0.2) is 9.44 Å². The number of hydroxylamine groups is 2. The Kier molecular flexibility index (Phi) is 4.67. The Hall–Kier alpha value is -0.0500. The molecule has 0 radical (unpaired) electrons. The molecule has 0 aliphatic carbocycles. The first kappa shape index (κ1) is 15.0. The molecule has 17 heavy (non-hydrogen) atoms. The van der Waals surface area contributed by atoms with E-state index in [4.69, 9.17) is 0 Å². The number of likely N-dealkylation sites (N-methyl/N-ethyl adjacent to an activating group) is 1. The molecule has 0 saturated carbocycles. The van der Waals surface area contributed by atoms with Crippen molar-refractivity contribution >= 4 is 22.5 Å². The van der Waals surface area contributed by atoms with Gasteiger partial charge in [-0.1, -0.05) is 18.9 Å². The molecule has 2 amide bonds. The van der Waals surface area contributed by atoms with Gasteiger partial charge in [0.1, 0.15) is 11.6 Å². The zero-order valence-corrected chi connectivity index (χ0v) is 13.3. The van der Waals surface area contributed by atoms with E-state index < -0.39 is 10.7 Å². The number of urea groups is 1. The summed E-state index contributed by atoms with van der Waals surface area (Å²) >= 11 is 1.23. The smallest absolute Gasteiger partial charge is 1.00 e. The van der Waals surface area contributed by atoms with E-state index in [1.54, 1.807) is 7.05 Å². The van der Waals surface area contributed by atoms with Gasteiger partial charge in [0.2, 0.25) is 0 Å². The summed E-state index contributed by atoms with van der Waals surface area (Å²) in [4.78, 5) is 13.2. The summed E-state index contributed by atoms with van der Waals surface area (Å²) in [5, 5.41) is 21.2. The van der Waals surface area contributed by atoms with Gasteiger partial charge in [0.15, 0.2) is 0 Å². The van der Waals surface area contributed by atoms with Crippen molar-refractivity contribution in [1.82, 2.24) is 19.7 Å². The molecular formula is C9H15N4NaO2S. The molecule has 0 bridgehead atoms. The number of carbonyl (C=O) groups is 1. The van der Waals surface area contributed by atoms with E-state index in [-0.39, 0.29) is 48.6 Å². The SMILES string of the molecule is CC(C)c1nnc([N+]2([O-])CCN(C)C2=O)s1.[H-].[Na+]. The molecule has 1 fully saturated rings. The van der Waals surface area contributed by atoms with Crippen LogP contribution in [0.5, 0.6) is 0 Å². The van der Waals surface area contributed by atoms with Crippen molar-refractivity contribution in [3.63, 3.8) is 0 Å². The maximum atomic E-state index is 12.3. The van der Waals surface area contributed by atoms with Gasteiger partial charge in [0.05, 0.1) is 6.54 Å². The summed E-state index contributed by atoms with van der Waals surface area (Å²) in [5.74, 6) is 0.230. The normalized spacial score (nSPS) is 24.3. The second-order valence-electron chi connectivity index (χ2n) is 4.25. The molecule has 8 heteroatoms. The molecule has 1 atom stereocenters. The number of aromatic nitrogens is 2. The maximum Gasteiger partial charge on any atom is 1.00 e. The number of quaternary nitrogens is 1. The van der Waals surface area contributed by atoms with Gasteiger partial charge in [-0.3, -0.25) is 4.90 Å². The first-order valence-corrected chi connectivity index (χ1v) is 5.95. The zero-order valence-electron chi connectivity index (χ0n) is 11.5. The fraction of sp³-hybridized carbons (Fsp3) is 0.667. The third-order valence-corrected chi connectivity index (χ3v) is 3.94. The monoisotopic (exact) mass is 266 g/mol. The molecule has 90 valence electrons. The quantitative estimate of drug-likeness (QED) is 0.377. The van der Waals surface area contributed by atoms with Crippen molar-refractivity contribution in [1.29, 1.82) is 0 Å². The topological polar surface area (TPSA) is 69.2 Å². The van der Waals surface area contributed by atoms with Gasteiger partial charge in [-0.15, -0.1) is 5.10 Å². The molecule has 0 N–H and O–H groups in total. The van der Waals surface area contributed by atoms with Gasteiger partial charge >= 0.3 is 40.7 Å². The van der Waals surface area contributed by atoms with E-state index in [0.29, 0.717) is 6.54 Å². The maximum absolute atomic E-state index is 12.3. The molecule has 2 rings (SSSR count). The van der Waals surface area contributed by atoms with Crippen LogP contribution in [0.4, 0.5) is 9.93 Å². The van der Waals surface area contributed by atoms with Gasteiger partial charge in [-0.05, 0) is 11.3 Å². The van der Waals surface area contributed by atoms with E-state index in [9.17, 15) is 10.0 Å². The van der Waals surface area contributed by atoms with E-state index in [1.165, 1.54) is 16.2 Å². The number of hydrogen-bond donors (Lipinski definition) is 0. The van der Waals surface area contributed by atoms with Crippen LogP contribution in [-0.2, 0) is 0 Å². The molecule has 1 unspecified atom stereocenters. The van der Waals surface area contributed by atoms with Gasteiger partial charge < -0.3 is 6.63 Å². The summed E-state index contributed by atoms with van der Waals surface area (Å²) in [7, 11) is 1.63. The van der Waals surface area contributed by atoms with Crippen molar-refractivity contribution in [2.75, 3.05) is 20.1 Å². The molecule has 6 nitrogen and oxygen atoms in total. The van der Waals surface area contributed by atoms with Crippen molar-refractivity contribution in [3.05, 3.63) is 10.2 Å². The second kappa shape index (κ2) is 5.29. The fourth-order valence-electron chi connectivity index (χ4n) is 1.54. The third kappa shape index (κ3) is 2.54. The van der Waals surface area contributed by atoms with Crippen LogP contribution in [-0.4, -0.2) is 41.3 Å². The summed E-state index contributed by atoms with van der Waals surface area (Å²) < 4.78 is -0.985. The molecule has 0 aromatic carbocycles. The van der Waals surface area contributed by atoms with Crippen LogP contribution < -0.4 is 34.2 Å². The molecule has 1 aliphatic heterocycles. The van der Waals surface area contributed by atoms with Crippen LogP contribution in [0, 0.1) is 5.21 Å². The van der Waals surface area contributed by atoms with E-state index >= 15 is 0 Å². The van der Waals surface area contributed by atoms with Crippen molar-refractivity contribution in [3.8, 4) is 0 Å². The van der Waals surface area contributed by atoms with Crippen LogP contribution in [0.3, 0.4) is 0 Å². The van der Waals surface area contributed by atoms with E-state index in [1.807, 2.05) is 13.8 Å². The molecule has 1 aliphatic rings. The van der Waals surface area contributed by atoms with E-state index in [0.717, 1.165) is 5.01 Å². The molecule has 2 heterocycles. The predicted octanol–water partition coefficient (Wildman–Crippen LogP) is -1.35. The van der Waals surface area contributed by atoms with Crippen LogP contribution in [0.2, 0.25) is 0 Å². The first-order valence-electron chi connectivity index (χ1n) is 5.14. The average Bonchev–Trinajstić information content (AvgIpc) is 2.81. The number of carbonyl (C=O) groups excluding carboxylic acids is 1. The Morgan fingerprint density at radius 1 is 1.53 bits per heavy atom. The molecule has 0 spiro atoms. The molecule has 1 aromatic heterocycles. The molecule has 1 saturated heterocycles. The zero-order chi connectivity index (χ0) is 11.9. The summed E-state index contributed by atoms with van der Waals surface area (Å²) in [6.45, 7) is 4.66. The average molecular weight is 266 g/mol. The van der Waals surface area contributed by atoms with Gasteiger partial charge in [-0.2, -0.15) is 0 Å². The van der Waals surface area contributed by atoms with E-state index in [2.05, 4.69) is 10.2 Å². The standard InChI is InChI=1S/C9H14N4O2S.Na.H/c1-6(2)7-10-11-8(16-7)13(15)5-4-12(3)9(13)14;;/h6H,4-5H2,1-3H3;;/q;+1;-1. The minimum atomic E-state index is -0.985. The Morgan fingerprint density at radius 3 is 2.59 bits per heavy atom. The van der Waals surface area contributed by atoms with Crippen LogP contribution in [0.1, 0.15) is 26.2 Å². The molecular weight excluding hydrogens is 251 g/mol. The van der Waals surface area contributed by atoms with Gasteiger partial charge in [0.25, 0.3) is 0 Å². The van der Waals surface area contributed by atoms with Crippen LogP contribution in [0.15, 0.2) is 0 Å². The van der Waals surface area contributed by atoms with Crippen LogP contribution in [0.25, 0.3) is 0 Å². The number of nitrogens with zero attached hydrogens (tertiary/aromatic N) is 4. The Bertz CT molecular complexity index is 430. The Labute approximate surface area is 128 Å². The minimum absolute atomic E-state index is 0. The second-order valence-corrected chi connectivity index (χ2v) is 5.23. The number of rotatable bonds is 2. The summed E-state index contributed by atoms with van der Waals surface area (Å²) in [6.07, 6.45) is 0. The predicted molar refractivity (Wildman–Crippen MR) is 63.2 cm³/mol. The summed E-state index contributed by atoms with van der Waals surface area (Å²) in [5.41, 5.74) is 0. The fourth-order valence-corrected chi connectivity index (χ4v) is 2.44. The van der Waals surface area contributed by atoms with Gasteiger partial charge in [0, 0.05) is 13.0 Å². The number of amides is 2. The molecule has 1 aromatic rings. The Balaban J connectivity index is 0.00000144. The third-order valence-electron chi connectivity index (χ3n) is 2.62. The van der Waals surface area contributed by atoms with Crippen molar-refractivity contribution in [2.24, 2.45) is 0 Å². The van der Waals surface area contributed by atoms with Crippen molar-refractivity contribution in [2.45, 2.75) is 19.8 Å². The Morgan fingerprint density at radius 2 is 2.18 bits per heavy atom. The number of hydrogen-bond acceptors (Lipinski definition) is 5. The van der Waals surface area contributed by atoms with Crippen LogP contribution >= 0.6 is 11.3 Å². The summed E-state index contributed by atoms with van der Waals surface area (Å²) in [6, 6.07) is -0.452. The first-order chi connectivity index (χ1) is 7.45. The van der Waals surface area contributed by atoms with Crippen molar-refractivity contribution < 1.29 is 35.8 Å².